The average Bonchev–Trinajstić information content (AvgIpc) is 2.32. The van der Waals surface area contributed by atoms with Gasteiger partial charge in [0.1, 0.15) is 6.29 Å². The predicted octanol–water partition coefficient (Wildman–Crippen LogP) is 1.69. The average molecular weight is 218 g/mol. The van der Waals surface area contributed by atoms with Gasteiger partial charge in [-0.25, -0.2) is 0 Å². The first kappa shape index (κ1) is 11.1. The van der Waals surface area contributed by atoms with Gasteiger partial charge in [0.25, 0.3) is 0 Å². The van der Waals surface area contributed by atoms with E-state index in [1.165, 1.54) is 5.69 Å². The lowest BCUT2D eigenvalue weighted by atomic mass is 10.1. The van der Waals surface area contributed by atoms with Gasteiger partial charge in [-0.05, 0) is 38.1 Å². The Balaban J connectivity index is 2.17. The van der Waals surface area contributed by atoms with Gasteiger partial charge < -0.3 is 10.2 Å². The lowest BCUT2D eigenvalue weighted by Gasteiger charge is -2.39. The maximum absolute atomic E-state index is 10.6. The molecule has 3 nitrogen and oxygen atoms in total. The number of piperazine rings is 1. The van der Waals surface area contributed by atoms with Crippen molar-refractivity contribution in [3.05, 3.63) is 29.8 Å². The van der Waals surface area contributed by atoms with Gasteiger partial charge in [0.2, 0.25) is 0 Å². The molecule has 0 saturated carbocycles. The van der Waals surface area contributed by atoms with E-state index in [1.807, 2.05) is 24.3 Å². The fourth-order valence-electron chi connectivity index (χ4n) is 2.13. The zero-order valence-corrected chi connectivity index (χ0v) is 9.81. The molecule has 2 unspecified atom stereocenters. The van der Waals surface area contributed by atoms with E-state index in [1.54, 1.807) is 0 Å². The Labute approximate surface area is 96.5 Å². The van der Waals surface area contributed by atoms with Crippen LogP contribution in [0.1, 0.15) is 24.2 Å². The van der Waals surface area contributed by atoms with Crippen molar-refractivity contribution in [2.75, 3.05) is 18.0 Å². The van der Waals surface area contributed by atoms with Crippen LogP contribution in [0.3, 0.4) is 0 Å². The zero-order valence-electron chi connectivity index (χ0n) is 9.81. The minimum Gasteiger partial charge on any atom is -0.366 e. The summed E-state index contributed by atoms with van der Waals surface area (Å²) in [5.74, 6) is 0. The van der Waals surface area contributed by atoms with Crippen molar-refractivity contribution in [3.63, 3.8) is 0 Å². The van der Waals surface area contributed by atoms with Gasteiger partial charge in [0.05, 0.1) is 0 Å². The van der Waals surface area contributed by atoms with Crippen LogP contribution in [0.15, 0.2) is 24.3 Å². The molecule has 0 spiro atoms. The highest BCUT2D eigenvalue weighted by molar-refractivity contribution is 5.75. The summed E-state index contributed by atoms with van der Waals surface area (Å²) in [6.45, 7) is 6.43. The molecule has 0 aliphatic carbocycles. The minimum absolute atomic E-state index is 0.498. The first-order valence-electron chi connectivity index (χ1n) is 5.76. The van der Waals surface area contributed by atoms with E-state index in [0.717, 1.165) is 24.9 Å². The Morgan fingerprint density at radius 2 is 2.00 bits per heavy atom. The smallest absolute Gasteiger partial charge is 0.150 e. The van der Waals surface area contributed by atoms with Gasteiger partial charge in [-0.2, -0.15) is 0 Å². The van der Waals surface area contributed by atoms with Gasteiger partial charge in [-0.3, -0.25) is 4.79 Å². The number of hydrogen-bond acceptors (Lipinski definition) is 3. The van der Waals surface area contributed by atoms with Crippen molar-refractivity contribution in [1.29, 1.82) is 0 Å². The van der Waals surface area contributed by atoms with E-state index in [-0.39, 0.29) is 0 Å². The van der Waals surface area contributed by atoms with Crippen LogP contribution in [0.2, 0.25) is 0 Å². The van der Waals surface area contributed by atoms with Crippen LogP contribution in [-0.4, -0.2) is 31.5 Å². The molecular weight excluding hydrogens is 200 g/mol. The lowest BCUT2D eigenvalue weighted by molar-refractivity contribution is 0.112. The molecular formula is C13H18N2O. The fraction of sp³-hybridized carbons (Fsp3) is 0.462. The quantitative estimate of drug-likeness (QED) is 0.767. The fourth-order valence-corrected chi connectivity index (χ4v) is 2.13. The van der Waals surface area contributed by atoms with Crippen LogP contribution >= 0.6 is 0 Å². The molecule has 1 aromatic rings. The lowest BCUT2D eigenvalue weighted by Crippen LogP contribution is -2.54. The highest BCUT2D eigenvalue weighted by atomic mass is 16.1. The highest BCUT2D eigenvalue weighted by Gasteiger charge is 2.22. The molecule has 0 amide bonds. The van der Waals surface area contributed by atoms with Crippen LogP contribution in [0.4, 0.5) is 5.69 Å². The molecule has 1 fully saturated rings. The maximum atomic E-state index is 10.6. The van der Waals surface area contributed by atoms with Gasteiger partial charge in [-0.15, -0.1) is 0 Å². The van der Waals surface area contributed by atoms with Gasteiger partial charge >= 0.3 is 0 Å². The van der Waals surface area contributed by atoms with Crippen molar-refractivity contribution in [3.8, 4) is 0 Å². The summed E-state index contributed by atoms with van der Waals surface area (Å²) >= 11 is 0. The molecule has 1 aromatic carbocycles. The van der Waals surface area contributed by atoms with Crippen LogP contribution in [0.25, 0.3) is 0 Å². The third-order valence-corrected chi connectivity index (χ3v) is 3.13. The standard InChI is InChI=1S/C13H18N2O/c1-10-8-15(11(2)7-14-10)13-5-3-12(9-16)4-6-13/h3-6,9-11,14H,7-8H2,1-2H3. The van der Waals surface area contributed by atoms with Crippen molar-refractivity contribution >= 4 is 12.0 Å². The summed E-state index contributed by atoms with van der Waals surface area (Å²) in [7, 11) is 0. The topological polar surface area (TPSA) is 32.3 Å². The molecule has 3 heteroatoms. The molecule has 1 aliphatic heterocycles. The van der Waals surface area contributed by atoms with E-state index >= 15 is 0 Å². The van der Waals surface area contributed by atoms with Gasteiger partial charge in [-0.1, -0.05) is 0 Å². The summed E-state index contributed by atoms with van der Waals surface area (Å²) in [5.41, 5.74) is 1.94. The Hall–Kier alpha value is -1.35. The number of rotatable bonds is 2. The number of benzene rings is 1. The molecule has 16 heavy (non-hydrogen) atoms. The predicted molar refractivity (Wildman–Crippen MR) is 66.1 cm³/mol. The molecule has 86 valence electrons. The molecule has 0 bridgehead atoms. The third-order valence-electron chi connectivity index (χ3n) is 3.13. The molecule has 2 atom stereocenters. The molecule has 0 radical (unpaired) electrons. The van der Waals surface area contributed by atoms with Crippen molar-refractivity contribution in [2.45, 2.75) is 25.9 Å². The molecule has 2 rings (SSSR count). The summed E-state index contributed by atoms with van der Waals surface area (Å²) < 4.78 is 0. The van der Waals surface area contributed by atoms with Crippen LogP contribution in [0, 0.1) is 0 Å². The molecule has 1 heterocycles. The van der Waals surface area contributed by atoms with Crippen molar-refractivity contribution in [1.82, 2.24) is 5.32 Å². The van der Waals surface area contributed by atoms with E-state index in [0.29, 0.717) is 12.1 Å². The summed E-state index contributed by atoms with van der Waals surface area (Å²) in [5, 5.41) is 3.46. The third kappa shape index (κ3) is 2.25. The number of nitrogens with one attached hydrogen (secondary N) is 1. The Morgan fingerprint density at radius 1 is 1.31 bits per heavy atom. The first-order chi connectivity index (χ1) is 7.70. The van der Waals surface area contributed by atoms with Crippen LogP contribution in [-0.2, 0) is 0 Å². The largest absolute Gasteiger partial charge is 0.366 e. The number of hydrogen-bond donors (Lipinski definition) is 1. The van der Waals surface area contributed by atoms with Gasteiger partial charge in [0.15, 0.2) is 0 Å². The number of nitrogens with zero attached hydrogens (tertiary/aromatic N) is 1. The monoisotopic (exact) mass is 218 g/mol. The highest BCUT2D eigenvalue weighted by Crippen LogP contribution is 2.19. The molecule has 0 aromatic heterocycles. The molecule has 1 saturated heterocycles. The van der Waals surface area contributed by atoms with E-state index in [2.05, 4.69) is 24.1 Å². The number of anilines is 1. The Bertz CT molecular complexity index is 361. The van der Waals surface area contributed by atoms with E-state index in [9.17, 15) is 4.79 Å². The number of carbonyl (C=O) groups is 1. The Morgan fingerprint density at radius 3 is 2.62 bits per heavy atom. The van der Waals surface area contributed by atoms with E-state index in [4.69, 9.17) is 0 Å². The van der Waals surface area contributed by atoms with Gasteiger partial charge in [0, 0.05) is 36.4 Å². The van der Waals surface area contributed by atoms with Crippen LogP contribution < -0.4 is 10.2 Å². The van der Waals surface area contributed by atoms with Crippen LogP contribution in [0.5, 0.6) is 0 Å². The summed E-state index contributed by atoms with van der Waals surface area (Å²) in [4.78, 5) is 13.0. The summed E-state index contributed by atoms with van der Waals surface area (Å²) in [6, 6.07) is 8.82. The molecule has 1 aliphatic rings. The SMILES string of the molecule is CC1CN(c2ccc(C=O)cc2)C(C)CN1. The zero-order chi connectivity index (χ0) is 11.5. The second-order valence-corrected chi connectivity index (χ2v) is 4.52. The number of carbonyl (C=O) groups excluding carboxylic acids is 1. The molecule has 1 N–H and O–H groups in total. The Kier molecular flexibility index (Phi) is 3.25. The van der Waals surface area contributed by atoms with Crippen molar-refractivity contribution in [2.24, 2.45) is 0 Å². The normalized spacial score (nSPS) is 25.5. The maximum Gasteiger partial charge on any atom is 0.150 e. The number of aldehydes is 1. The minimum atomic E-state index is 0.498. The summed E-state index contributed by atoms with van der Waals surface area (Å²) in [6.07, 6.45) is 0.883. The second kappa shape index (κ2) is 4.66. The second-order valence-electron chi connectivity index (χ2n) is 4.52. The van der Waals surface area contributed by atoms with E-state index < -0.39 is 0 Å². The van der Waals surface area contributed by atoms with Crippen molar-refractivity contribution < 1.29 is 4.79 Å². The first-order valence-corrected chi connectivity index (χ1v) is 5.76.